The van der Waals surface area contributed by atoms with E-state index >= 15 is 0 Å². The third kappa shape index (κ3) is 3.58. The zero-order valence-electron chi connectivity index (χ0n) is 24.0. The van der Waals surface area contributed by atoms with Gasteiger partial charge in [0.1, 0.15) is 11.5 Å². The SMILES string of the molecule is C=CC1=C(/C=C\C)c2ccccc2C1(c1ccccc1)c1cccc(-c2ccc3cccc4c3c2Oc2ccccc2-4)c1. The van der Waals surface area contributed by atoms with Gasteiger partial charge in [-0.15, -0.1) is 0 Å². The lowest BCUT2D eigenvalue weighted by Gasteiger charge is -2.35. The number of hydrogen-bond donors (Lipinski definition) is 0. The van der Waals surface area contributed by atoms with Crippen LogP contribution in [0.5, 0.6) is 11.5 Å². The molecule has 0 aromatic heterocycles. The molecule has 1 aliphatic heterocycles. The van der Waals surface area contributed by atoms with Gasteiger partial charge in [-0.1, -0.05) is 140 Å². The first-order valence-corrected chi connectivity index (χ1v) is 14.8. The fourth-order valence-corrected chi connectivity index (χ4v) is 7.34. The zero-order chi connectivity index (χ0) is 29.0. The Morgan fingerprint density at radius 3 is 2.19 bits per heavy atom. The topological polar surface area (TPSA) is 9.23 Å². The van der Waals surface area contributed by atoms with E-state index in [-0.39, 0.29) is 0 Å². The second kappa shape index (κ2) is 9.86. The molecule has 1 unspecified atom stereocenters. The predicted octanol–water partition coefficient (Wildman–Crippen LogP) is 11.1. The molecule has 0 bridgehead atoms. The Kier molecular flexibility index (Phi) is 5.80. The molecule has 1 heteroatoms. The molecule has 0 fully saturated rings. The highest BCUT2D eigenvalue weighted by atomic mass is 16.5. The van der Waals surface area contributed by atoms with E-state index in [1.807, 2.05) is 6.07 Å². The Bertz CT molecular complexity index is 2130. The Balaban J connectivity index is 1.42. The summed E-state index contributed by atoms with van der Waals surface area (Å²) in [6, 6.07) is 47.9. The molecule has 1 nitrogen and oxygen atoms in total. The van der Waals surface area contributed by atoms with Gasteiger partial charge in [-0.3, -0.25) is 0 Å². The van der Waals surface area contributed by atoms with Crippen LogP contribution in [0.1, 0.15) is 29.2 Å². The minimum atomic E-state index is -0.517. The summed E-state index contributed by atoms with van der Waals surface area (Å²) in [6.07, 6.45) is 6.41. The van der Waals surface area contributed by atoms with Crippen LogP contribution in [-0.4, -0.2) is 0 Å². The largest absolute Gasteiger partial charge is 0.455 e. The molecular weight excluding hydrogens is 520 g/mol. The van der Waals surface area contributed by atoms with Crippen molar-refractivity contribution >= 4 is 16.3 Å². The lowest BCUT2D eigenvalue weighted by Crippen LogP contribution is -2.29. The van der Waals surface area contributed by atoms with E-state index in [4.69, 9.17) is 4.74 Å². The van der Waals surface area contributed by atoms with Crippen LogP contribution in [0, 0.1) is 0 Å². The second-order valence-corrected chi connectivity index (χ2v) is 11.2. The second-order valence-electron chi connectivity index (χ2n) is 11.2. The smallest absolute Gasteiger partial charge is 0.143 e. The van der Waals surface area contributed by atoms with E-state index in [1.165, 1.54) is 44.3 Å². The van der Waals surface area contributed by atoms with Gasteiger partial charge in [-0.25, -0.2) is 0 Å². The van der Waals surface area contributed by atoms with E-state index in [1.54, 1.807) is 0 Å². The standard InChI is InChI=1S/C42H30O/c1-3-14-33-34-20-8-10-23-38(34)42(37(33)4-2,30-17-6-5-7-18-30)31-19-12-16-29(27-31)32-26-25-28-15-13-22-36-35-21-9-11-24-39(35)43-41(32)40(28)36/h3-27H,2H2,1H3/b14-3-. The van der Waals surface area contributed by atoms with Gasteiger partial charge < -0.3 is 4.74 Å². The van der Waals surface area contributed by atoms with E-state index in [0.29, 0.717) is 0 Å². The Morgan fingerprint density at radius 1 is 0.628 bits per heavy atom. The molecule has 1 heterocycles. The van der Waals surface area contributed by atoms with E-state index < -0.39 is 5.41 Å². The normalized spacial score (nSPS) is 16.7. The summed E-state index contributed by atoms with van der Waals surface area (Å²) in [7, 11) is 0. The minimum absolute atomic E-state index is 0.517. The lowest BCUT2D eigenvalue weighted by atomic mass is 9.66. The van der Waals surface area contributed by atoms with Crippen LogP contribution in [-0.2, 0) is 5.41 Å². The van der Waals surface area contributed by atoms with Gasteiger partial charge in [-0.2, -0.15) is 0 Å². The number of para-hydroxylation sites is 1. The summed E-state index contributed by atoms with van der Waals surface area (Å²) in [6.45, 7) is 6.45. The highest BCUT2D eigenvalue weighted by Gasteiger charge is 2.46. The first-order valence-electron chi connectivity index (χ1n) is 14.8. The van der Waals surface area contributed by atoms with Crippen molar-refractivity contribution in [2.24, 2.45) is 0 Å². The maximum absolute atomic E-state index is 6.72. The van der Waals surface area contributed by atoms with E-state index in [0.717, 1.165) is 33.6 Å². The summed E-state index contributed by atoms with van der Waals surface area (Å²) in [4.78, 5) is 0. The Morgan fingerprint density at radius 2 is 1.35 bits per heavy atom. The molecule has 0 radical (unpaired) electrons. The van der Waals surface area contributed by atoms with Crippen molar-refractivity contribution in [2.45, 2.75) is 12.3 Å². The summed E-state index contributed by atoms with van der Waals surface area (Å²) >= 11 is 0. The third-order valence-corrected chi connectivity index (χ3v) is 9.05. The number of hydrogen-bond acceptors (Lipinski definition) is 1. The molecule has 1 aliphatic carbocycles. The molecular formula is C42H30O. The molecule has 6 aromatic rings. The average Bonchev–Trinajstić information content (AvgIpc) is 3.36. The fraction of sp³-hybridized carbons (Fsp3) is 0.0476. The fourth-order valence-electron chi connectivity index (χ4n) is 7.34. The molecule has 1 atom stereocenters. The number of allylic oxidation sites excluding steroid dienone is 5. The van der Waals surface area contributed by atoms with Gasteiger partial charge in [0.2, 0.25) is 0 Å². The van der Waals surface area contributed by atoms with E-state index in [2.05, 4.69) is 159 Å². The summed E-state index contributed by atoms with van der Waals surface area (Å²) in [5.41, 5.74) is 11.4. The maximum atomic E-state index is 6.72. The molecule has 0 saturated carbocycles. The van der Waals surface area contributed by atoms with Crippen molar-refractivity contribution in [3.8, 4) is 33.8 Å². The monoisotopic (exact) mass is 550 g/mol. The van der Waals surface area contributed by atoms with Crippen LogP contribution in [0.25, 0.3) is 38.6 Å². The first kappa shape index (κ1) is 25.3. The highest BCUT2D eigenvalue weighted by molar-refractivity contribution is 6.07. The molecule has 2 aliphatic rings. The van der Waals surface area contributed by atoms with Gasteiger partial charge in [0.05, 0.1) is 5.41 Å². The first-order chi connectivity index (χ1) is 21.3. The maximum Gasteiger partial charge on any atom is 0.143 e. The zero-order valence-corrected chi connectivity index (χ0v) is 24.0. The van der Waals surface area contributed by atoms with Gasteiger partial charge in [0.15, 0.2) is 0 Å². The molecule has 0 saturated heterocycles. The van der Waals surface area contributed by atoms with E-state index in [9.17, 15) is 0 Å². The molecule has 0 N–H and O–H groups in total. The molecule has 0 spiro atoms. The quantitative estimate of drug-likeness (QED) is 0.207. The summed E-state index contributed by atoms with van der Waals surface area (Å²) in [5.74, 6) is 1.81. The van der Waals surface area contributed by atoms with Crippen LogP contribution in [0.3, 0.4) is 0 Å². The number of rotatable bonds is 5. The molecule has 43 heavy (non-hydrogen) atoms. The van der Waals surface area contributed by atoms with Crippen molar-refractivity contribution in [1.82, 2.24) is 0 Å². The van der Waals surface area contributed by atoms with Gasteiger partial charge in [0.25, 0.3) is 0 Å². The average molecular weight is 551 g/mol. The van der Waals surface area contributed by atoms with Crippen LogP contribution in [0.2, 0.25) is 0 Å². The van der Waals surface area contributed by atoms with Crippen LogP contribution in [0.4, 0.5) is 0 Å². The number of benzene rings is 6. The van der Waals surface area contributed by atoms with Crippen LogP contribution in [0.15, 0.2) is 164 Å². The summed E-state index contributed by atoms with van der Waals surface area (Å²) < 4.78 is 6.72. The Labute approximate surface area is 252 Å². The molecule has 8 rings (SSSR count). The predicted molar refractivity (Wildman–Crippen MR) is 180 cm³/mol. The van der Waals surface area contributed by atoms with Crippen molar-refractivity contribution in [2.75, 3.05) is 0 Å². The number of ether oxygens (including phenoxy) is 1. The number of fused-ring (bicyclic) bond motifs is 3. The molecule has 0 amide bonds. The minimum Gasteiger partial charge on any atom is -0.455 e. The molecule has 6 aromatic carbocycles. The van der Waals surface area contributed by atoms with Crippen LogP contribution >= 0.6 is 0 Å². The summed E-state index contributed by atoms with van der Waals surface area (Å²) in [5, 5.41) is 2.34. The third-order valence-electron chi connectivity index (χ3n) is 9.05. The van der Waals surface area contributed by atoms with Gasteiger partial charge in [0, 0.05) is 16.5 Å². The lowest BCUT2D eigenvalue weighted by molar-refractivity contribution is 0.489. The van der Waals surface area contributed by atoms with Gasteiger partial charge in [-0.05, 0) is 75.0 Å². The van der Waals surface area contributed by atoms with Crippen molar-refractivity contribution in [1.29, 1.82) is 0 Å². The van der Waals surface area contributed by atoms with Crippen molar-refractivity contribution in [3.63, 3.8) is 0 Å². The van der Waals surface area contributed by atoms with Gasteiger partial charge >= 0.3 is 0 Å². The van der Waals surface area contributed by atoms with Crippen molar-refractivity contribution < 1.29 is 4.74 Å². The molecule has 204 valence electrons. The highest BCUT2D eigenvalue weighted by Crippen LogP contribution is 2.56. The Hall–Kier alpha value is -5.40. The van der Waals surface area contributed by atoms with Crippen LogP contribution < -0.4 is 4.74 Å². The van der Waals surface area contributed by atoms with Crippen molar-refractivity contribution in [3.05, 3.63) is 186 Å².